The van der Waals surface area contributed by atoms with Gasteiger partial charge in [-0.05, 0) is 24.0 Å². The van der Waals surface area contributed by atoms with Crippen LogP contribution in [0, 0.1) is 0 Å². The van der Waals surface area contributed by atoms with E-state index in [1.54, 1.807) is 0 Å². The number of nitrogens with one attached hydrogen (secondary N) is 1. The van der Waals surface area contributed by atoms with Gasteiger partial charge >= 0.3 is 0 Å². The summed E-state index contributed by atoms with van der Waals surface area (Å²) in [6.07, 6.45) is 1.52. The van der Waals surface area contributed by atoms with Crippen LogP contribution in [0.2, 0.25) is 0 Å². The van der Waals surface area contributed by atoms with Crippen LogP contribution < -0.4 is 5.32 Å². The summed E-state index contributed by atoms with van der Waals surface area (Å²) in [6.45, 7) is 5.13. The van der Waals surface area contributed by atoms with Gasteiger partial charge in [-0.25, -0.2) is 8.42 Å². The lowest BCUT2D eigenvalue weighted by molar-refractivity contribution is 0.243. The second kappa shape index (κ2) is 5.23. The minimum atomic E-state index is -3.02. The van der Waals surface area contributed by atoms with Gasteiger partial charge in [-0.3, -0.25) is 0 Å². The number of hydrogen-bond donors (Lipinski definition) is 1. The lowest BCUT2D eigenvalue weighted by Crippen LogP contribution is -2.44. The summed E-state index contributed by atoms with van der Waals surface area (Å²) in [5, 5.41) is 3.33. The van der Waals surface area contributed by atoms with Crippen molar-refractivity contribution in [2.75, 3.05) is 38.5 Å². The quantitative estimate of drug-likeness (QED) is 0.874. The Kier molecular flexibility index (Phi) is 3.60. The molecule has 0 saturated carbocycles. The molecule has 19 heavy (non-hydrogen) atoms. The molecule has 0 radical (unpaired) electrons. The molecule has 3 rings (SSSR count). The van der Waals surface area contributed by atoms with Gasteiger partial charge in [0.2, 0.25) is 0 Å². The van der Waals surface area contributed by atoms with Crippen molar-refractivity contribution in [3.63, 3.8) is 0 Å². The van der Waals surface area contributed by atoms with Crippen LogP contribution in [0.3, 0.4) is 0 Å². The van der Waals surface area contributed by atoms with Gasteiger partial charge in [-0.15, -0.1) is 0 Å². The first-order valence-electron chi connectivity index (χ1n) is 6.93. The Balaban J connectivity index is 1.77. The topological polar surface area (TPSA) is 49.4 Å². The molecule has 4 nitrogen and oxygen atoms in total. The molecule has 2 aliphatic heterocycles. The van der Waals surface area contributed by atoms with Gasteiger partial charge in [0.1, 0.15) is 0 Å². The smallest absolute Gasteiger partial charge is 0.179 e. The zero-order chi connectivity index (χ0) is 13.3. The molecule has 0 atom stereocenters. The molecule has 1 aromatic rings. The molecular weight excluding hydrogens is 260 g/mol. The Labute approximate surface area is 114 Å². The summed E-state index contributed by atoms with van der Waals surface area (Å²) < 4.78 is 24.2. The average Bonchev–Trinajstić information content (AvgIpc) is 2.74. The van der Waals surface area contributed by atoms with Gasteiger partial charge in [0.05, 0.1) is 10.6 Å². The Morgan fingerprint density at radius 1 is 1.21 bits per heavy atom. The van der Waals surface area contributed by atoms with E-state index in [1.165, 1.54) is 0 Å². The summed E-state index contributed by atoms with van der Waals surface area (Å²) in [4.78, 5) is 3.03. The van der Waals surface area contributed by atoms with Crippen LogP contribution in [0.5, 0.6) is 0 Å². The van der Waals surface area contributed by atoms with E-state index in [4.69, 9.17) is 0 Å². The number of piperazine rings is 1. The third-order valence-electron chi connectivity index (χ3n) is 4.04. The van der Waals surface area contributed by atoms with Crippen molar-refractivity contribution >= 4 is 9.84 Å². The third kappa shape index (κ3) is 2.68. The zero-order valence-electron chi connectivity index (χ0n) is 11.1. The molecule has 2 aliphatic rings. The normalized spacial score (nSPS) is 22.3. The van der Waals surface area contributed by atoms with E-state index < -0.39 is 9.84 Å². The molecule has 1 aromatic carbocycles. The molecule has 5 heteroatoms. The molecular formula is C14H20N2O2S. The van der Waals surface area contributed by atoms with E-state index >= 15 is 0 Å². The molecule has 0 unspecified atom stereocenters. The van der Waals surface area contributed by atoms with Gasteiger partial charge in [-0.2, -0.15) is 0 Å². The van der Waals surface area contributed by atoms with Gasteiger partial charge in [0.15, 0.2) is 9.84 Å². The average molecular weight is 280 g/mol. The summed E-state index contributed by atoms with van der Waals surface area (Å²) in [5.41, 5.74) is 2.02. The van der Waals surface area contributed by atoms with Gasteiger partial charge in [-0.1, -0.05) is 18.2 Å². The van der Waals surface area contributed by atoms with E-state index in [0.29, 0.717) is 11.3 Å². The minimum Gasteiger partial charge on any atom is -0.314 e. The summed E-state index contributed by atoms with van der Waals surface area (Å²) in [7, 11) is -3.02. The number of rotatable bonds is 3. The van der Waals surface area contributed by atoms with Crippen LogP contribution in [0.4, 0.5) is 0 Å². The van der Waals surface area contributed by atoms with E-state index in [2.05, 4.69) is 10.2 Å². The first kappa shape index (κ1) is 13.1. The minimum absolute atomic E-state index is 0.285. The zero-order valence-corrected chi connectivity index (χ0v) is 11.9. The molecule has 0 amide bonds. The van der Waals surface area contributed by atoms with Crippen LogP contribution in [0.25, 0.3) is 0 Å². The highest BCUT2D eigenvalue weighted by molar-refractivity contribution is 7.91. The SMILES string of the molecule is O=S1(=O)CCc2cccc(CCN3CCNCC3)c21. The van der Waals surface area contributed by atoms with Crippen molar-refractivity contribution in [3.8, 4) is 0 Å². The highest BCUT2D eigenvalue weighted by Crippen LogP contribution is 2.29. The second-order valence-corrected chi connectivity index (χ2v) is 7.36. The van der Waals surface area contributed by atoms with Crippen LogP contribution in [-0.2, 0) is 22.7 Å². The number of nitrogens with zero attached hydrogens (tertiary/aromatic N) is 1. The number of sulfone groups is 1. The summed E-state index contributed by atoms with van der Waals surface area (Å²) in [5.74, 6) is 0.285. The van der Waals surface area contributed by atoms with Gasteiger partial charge < -0.3 is 10.2 Å². The lowest BCUT2D eigenvalue weighted by Gasteiger charge is -2.27. The predicted octanol–water partition coefficient (Wildman–Crippen LogP) is 0.464. The Bertz CT molecular complexity index is 563. The molecule has 1 fully saturated rings. The van der Waals surface area contributed by atoms with Crippen molar-refractivity contribution in [2.45, 2.75) is 17.7 Å². The van der Waals surface area contributed by atoms with Crippen molar-refractivity contribution in [3.05, 3.63) is 29.3 Å². The molecule has 1 saturated heterocycles. The fraction of sp³-hybridized carbons (Fsp3) is 0.571. The van der Waals surface area contributed by atoms with Crippen molar-refractivity contribution in [2.24, 2.45) is 0 Å². The Morgan fingerprint density at radius 2 is 2.00 bits per heavy atom. The summed E-state index contributed by atoms with van der Waals surface area (Å²) in [6, 6.07) is 5.92. The van der Waals surface area contributed by atoms with Crippen LogP contribution in [-0.4, -0.2) is 51.8 Å². The number of fused-ring (bicyclic) bond motifs is 1. The first-order valence-corrected chi connectivity index (χ1v) is 8.59. The Hall–Kier alpha value is -0.910. The Morgan fingerprint density at radius 3 is 2.79 bits per heavy atom. The van der Waals surface area contributed by atoms with Gasteiger partial charge in [0, 0.05) is 32.7 Å². The van der Waals surface area contributed by atoms with E-state index in [-0.39, 0.29) is 5.75 Å². The molecule has 0 spiro atoms. The van der Waals surface area contributed by atoms with Crippen LogP contribution in [0.15, 0.2) is 23.1 Å². The maximum atomic E-state index is 12.1. The molecule has 2 heterocycles. The fourth-order valence-corrected chi connectivity index (χ4v) is 4.82. The monoisotopic (exact) mass is 280 g/mol. The van der Waals surface area contributed by atoms with Crippen molar-refractivity contribution < 1.29 is 8.42 Å². The highest BCUT2D eigenvalue weighted by Gasteiger charge is 2.28. The van der Waals surface area contributed by atoms with Crippen molar-refractivity contribution in [1.82, 2.24) is 10.2 Å². The maximum absolute atomic E-state index is 12.1. The molecule has 0 bridgehead atoms. The van der Waals surface area contributed by atoms with Crippen LogP contribution >= 0.6 is 0 Å². The number of aryl methyl sites for hydroxylation is 1. The fourth-order valence-electron chi connectivity index (χ4n) is 2.99. The van der Waals surface area contributed by atoms with Crippen LogP contribution in [0.1, 0.15) is 11.1 Å². The van der Waals surface area contributed by atoms with E-state index in [1.807, 2.05) is 18.2 Å². The maximum Gasteiger partial charge on any atom is 0.179 e. The molecule has 0 aromatic heterocycles. The molecule has 0 aliphatic carbocycles. The van der Waals surface area contributed by atoms with Gasteiger partial charge in [0.25, 0.3) is 0 Å². The second-order valence-electron chi connectivity index (χ2n) is 5.32. The third-order valence-corrected chi connectivity index (χ3v) is 5.92. The number of hydrogen-bond acceptors (Lipinski definition) is 4. The first-order chi connectivity index (χ1) is 9.17. The molecule has 104 valence electrons. The van der Waals surface area contributed by atoms with Crippen molar-refractivity contribution in [1.29, 1.82) is 0 Å². The standard InChI is InChI=1S/C14H20N2O2S/c17-19(18)11-5-13-3-1-2-12(14(13)19)4-8-16-9-6-15-7-10-16/h1-3,15H,4-11H2. The lowest BCUT2D eigenvalue weighted by atomic mass is 10.1. The van der Waals surface area contributed by atoms with E-state index in [9.17, 15) is 8.42 Å². The number of benzene rings is 1. The molecule has 1 N–H and O–H groups in total. The van der Waals surface area contributed by atoms with E-state index in [0.717, 1.165) is 50.3 Å². The largest absolute Gasteiger partial charge is 0.314 e. The summed E-state index contributed by atoms with van der Waals surface area (Å²) >= 11 is 0. The predicted molar refractivity (Wildman–Crippen MR) is 75.2 cm³/mol. The highest BCUT2D eigenvalue weighted by atomic mass is 32.2.